The fourth-order valence-corrected chi connectivity index (χ4v) is 4.64. The van der Waals surface area contributed by atoms with E-state index in [2.05, 4.69) is 10.3 Å². The number of carbonyl (C=O) groups excluding carboxylic acids is 1. The third kappa shape index (κ3) is 4.42. The smallest absolute Gasteiger partial charge is 0.293 e. The van der Waals surface area contributed by atoms with Crippen LogP contribution in [0.5, 0.6) is 0 Å². The Morgan fingerprint density at radius 2 is 1.65 bits per heavy atom. The minimum absolute atomic E-state index is 0.0821. The van der Waals surface area contributed by atoms with Gasteiger partial charge >= 0.3 is 0 Å². The molecule has 0 aliphatic rings. The van der Waals surface area contributed by atoms with Crippen LogP contribution in [0.15, 0.2) is 70.6 Å². The molecule has 0 unspecified atom stereocenters. The van der Waals surface area contributed by atoms with E-state index in [1.165, 1.54) is 6.07 Å². The number of aromatic nitrogens is 2. The van der Waals surface area contributed by atoms with Gasteiger partial charge in [0.2, 0.25) is 5.91 Å². The summed E-state index contributed by atoms with van der Waals surface area (Å²) in [7, 11) is 0. The SMILES string of the molecule is Cc1cccc([N+](=O)[O-])c1NC(=O)CSc1nc2ccccc2c(=O)n1-c1c(C)cccc1C. The zero-order valence-corrected chi connectivity index (χ0v) is 19.7. The molecule has 1 amide bonds. The molecule has 0 atom stereocenters. The lowest BCUT2D eigenvalue weighted by molar-refractivity contribution is -0.384. The largest absolute Gasteiger partial charge is 0.319 e. The van der Waals surface area contributed by atoms with Gasteiger partial charge < -0.3 is 5.32 Å². The first-order valence-corrected chi connectivity index (χ1v) is 11.5. The summed E-state index contributed by atoms with van der Waals surface area (Å²) in [6, 6.07) is 17.4. The van der Waals surface area contributed by atoms with Crippen molar-refractivity contribution in [3.63, 3.8) is 0 Å². The first-order chi connectivity index (χ1) is 16.3. The van der Waals surface area contributed by atoms with Crippen LogP contribution in [0.1, 0.15) is 16.7 Å². The lowest BCUT2D eigenvalue weighted by atomic mass is 10.1. The Bertz CT molecular complexity index is 1480. The molecule has 4 rings (SSSR count). The highest BCUT2D eigenvalue weighted by Gasteiger charge is 2.20. The van der Waals surface area contributed by atoms with Crippen molar-refractivity contribution in [1.82, 2.24) is 9.55 Å². The number of nitro groups is 1. The highest BCUT2D eigenvalue weighted by molar-refractivity contribution is 7.99. The summed E-state index contributed by atoms with van der Waals surface area (Å²) in [6.45, 7) is 5.53. The summed E-state index contributed by atoms with van der Waals surface area (Å²) in [5, 5.41) is 14.9. The minimum atomic E-state index is -0.529. The molecule has 0 aliphatic heterocycles. The molecule has 8 nitrogen and oxygen atoms in total. The number of thioether (sulfide) groups is 1. The predicted octanol–water partition coefficient (Wildman–Crippen LogP) is 4.95. The maximum atomic E-state index is 13.5. The van der Waals surface area contributed by atoms with E-state index in [4.69, 9.17) is 0 Å². The number of nitrogens with zero attached hydrogens (tertiary/aromatic N) is 3. The van der Waals surface area contributed by atoms with Gasteiger partial charge in [-0.2, -0.15) is 0 Å². The molecule has 0 radical (unpaired) electrons. The van der Waals surface area contributed by atoms with E-state index in [-0.39, 0.29) is 22.7 Å². The van der Waals surface area contributed by atoms with Gasteiger partial charge in [0.1, 0.15) is 5.69 Å². The van der Waals surface area contributed by atoms with E-state index >= 15 is 0 Å². The van der Waals surface area contributed by atoms with Crippen LogP contribution >= 0.6 is 11.8 Å². The monoisotopic (exact) mass is 474 g/mol. The third-order valence-corrected chi connectivity index (χ3v) is 6.39. The van der Waals surface area contributed by atoms with Gasteiger partial charge in [-0.25, -0.2) is 4.98 Å². The van der Waals surface area contributed by atoms with Crippen LogP contribution in [-0.4, -0.2) is 26.1 Å². The molecule has 0 saturated carbocycles. The molecule has 0 saturated heterocycles. The van der Waals surface area contributed by atoms with Gasteiger partial charge in [0, 0.05) is 6.07 Å². The lowest BCUT2D eigenvalue weighted by Crippen LogP contribution is -2.24. The second-order valence-corrected chi connectivity index (χ2v) is 8.80. The molecule has 3 aromatic carbocycles. The quantitative estimate of drug-likeness (QED) is 0.183. The van der Waals surface area contributed by atoms with Gasteiger partial charge in [0.15, 0.2) is 5.16 Å². The molecular weight excluding hydrogens is 452 g/mol. The van der Waals surface area contributed by atoms with Gasteiger partial charge in [0.25, 0.3) is 11.2 Å². The number of fused-ring (bicyclic) bond motifs is 1. The van der Waals surface area contributed by atoms with Crippen LogP contribution in [0.25, 0.3) is 16.6 Å². The third-order valence-electron chi connectivity index (χ3n) is 5.45. The Kier molecular flexibility index (Phi) is 6.47. The predicted molar refractivity (Wildman–Crippen MR) is 134 cm³/mol. The Morgan fingerprint density at radius 3 is 2.35 bits per heavy atom. The number of anilines is 1. The first-order valence-electron chi connectivity index (χ1n) is 10.5. The molecule has 1 aromatic heterocycles. The van der Waals surface area contributed by atoms with Crippen LogP contribution < -0.4 is 10.9 Å². The van der Waals surface area contributed by atoms with Crippen LogP contribution in [0, 0.1) is 30.9 Å². The zero-order chi connectivity index (χ0) is 24.4. The van der Waals surface area contributed by atoms with Crippen molar-refractivity contribution in [3.8, 4) is 5.69 Å². The van der Waals surface area contributed by atoms with Gasteiger partial charge in [-0.1, -0.05) is 54.2 Å². The van der Waals surface area contributed by atoms with Crippen molar-refractivity contribution in [2.45, 2.75) is 25.9 Å². The summed E-state index contributed by atoms with van der Waals surface area (Å²) in [5.41, 5.74) is 3.42. The molecule has 4 aromatic rings. The van der Waals surface area contributed by atoms with Gasteiger partial charge in [0.05, 0.1) is 27.3 Å². The van der Waals surface area contributed by atoms with Crippen molar-refractivity contribution in [1.29, 1.82) is 0 Å². The van der Waals surface area contributed by atoms with Crippen LogP contribution in [-0.2, 0) is 4.79 Å². The van der Waals surface area contributed by atoms with Crippen LogP contribution in [0.2, 0.25) is 0 Å². The van der Waals surface area contributed by atoms with Crippen molar-refractivity contribution >= 4 is 39.9 Å². The van der Waals surface area contributed by atoms with Crippen molar-refractivity contribution in [2.75, 3.05) is 11.1 Å². The maximum absolute atomic E-state index is 13.5. The number of benzene rings is 3. The molecule has 0 aliphatic carbocycles. The molecule has 172 valence electrons. The summed E-state index contributed by atoms with van der Waals surface area (Å²) in [4.78, 5) is 41.8. The number of amides is 1. The second kappa shape index (κ2) is 9.48. The van der Waals surface area contributed by atoms with Crippen molar-refractivity contribution in [3.05, 3.63) is 97.8 Å². The first kappa shape index (κ1) is 23.2. The fourth-order valence-electron chi connectivity index (χ4n) is 3.84. The second-order valence-electron chi connectivity index (χ2n) is 7.86. The van der Waals surface area contributed by atoms with Crippen molar-refractivity contribution in [2.24, 2.45) is 0 Å². The number of carbonyl (C=O) groups is 1. The number of rotatable bonds is 6. The van der Waals surface area contributed by atoms with Gasteiger partial charge in [-0.05, 0) is 49.6 Å². The topological polar surface area (TPSA) is 107 Å². The molecule has 0 spiro atoms. The van der Waals surface area contributed by atoms with E-state index in [0.717, 1.165) is 28.6 Å². The molecule has 1 N–H and O–H groups in total. The molecular formula is C25H22N4O4S. The normalized spacial score (nSPS) is 10.9. The van der Waals surface area contributed by atoms with Gasteiger partial charge in [-0.3, -0.25) is 24.3 Å². The summed E-state index contributed by atoms with van der Waals surface area (Å²) in [6.07, 6.45) is 0. The van der Waals surface area contributed by atoms with Crippen LogP contribution in [0.3, 0.4) is 0 Å². The molecule has 0 fully saturated rings. The highest BCUT2D eigenvalue weighted by Crippen LogP contribution is 2.29. The van der Waals surface area contributed by atoms with Gasteiger partial charge in [-0.15, -0.1) is 0 Å². The summed E-state index contributed by atoms with van der Waals surface area (Å²) >= 11 is 1.11. The Balaban J connectivity index is 1.72. The molecule has 0 bridgehead atoms. The number of nitro benzene ring substituents is 1. The average molecular weight is 475 g/mol. The molecule has 34 heavy (non-hydrogen) atoms. The Morgan fingerprint density at radius 1 is 1.00 bits per heavy atom. The lowest BCUT2D eigenvalue weighted by Gasteiger charge is -2.17. The van der Waals surface area contributed by atoms with Crippen molar-refractivity contribution < 1.29 is 9.72 Å². The summed E-state index contributed by atoms with van der Waals surface area (Å²) in [5.74, 6) is -0.515. The van der Waals surface area contributed by atoms with E-state index in [9.17, 15) is 19.7 Å². The number of hydrogen-bond donors (Lipinski definition) is 1. The number of para-hydroxylation sites is 3. The van der Waals surface area contributed by atoms with E-state index < -0.39 is 10.8 Å². The zero-order valence-electron chi connectivity index (χ0n) is 18.9. The number of aryl methyl sites for hydroxylation is 3. The number of nitrogens with one attached hydrogen (secondary N) is 1. The van der Waals surface area contributed by atoms with E-state index in [0.29, 0.717) is 21.6 Å². The average Bonchev–Trinajstić information content (AvgIpc) is 2.80. The minimum Gasteiger partial charge on any atom is -0.319 e. The Hall–Kier alpha value is -3.98. The Labute approximate surface area is 199 Å². The molecule has 1 heterocycles. The number of hydrogen-bond acceptors (Lipinski definition) is 6. The van der Waals surface area contributed by atoms with E-state index in [1.807, 2.05) is 32.0 Å². The molecule has 9 heteroatoms. The maximum Gasteiger partial charge on any atom is 0.293 e. The highest BCUT2D eigenvalue weighted by atomic mass is 32.2. The standard InChI is InChI=1S/C25H22N4O4S/c1-15-8-7-13-20(29(32)33)22(15)27-21(30)14-34-25-26-19-12-5-4-11-18(19)24(31)28(25)23-16(2)9-6-10-17(23)3/h4-13H,14H2,1-3H3,(H,27,30). The van der Waals surface area contributed by atoms with E-state index in [1.54, 1.807) is 47.9 Å². The van der Waals surface area contributed by atoms with Crippen LogP contribution in [0.4, 0.5) is 11.4 Å². The summed E-state index contributed by atoms with van der Waals surface area (Å²) < 4.78 is 1.54. The fraction of sp³-hybridized carbons (Fsp3) is 0.160.